The number of anilines is 1. The third-order valence-electron chi connectivity index (χ3n) is 7.14. The Morgan fingerprint density at radius 3 is 2.76 bits per heavy atom. The second kappa shape index (κ2) is 7.50. The maximum absolute atomic E-state index is 14.7. The van der Waals surface area contributed by atoms with Crippen molar-refractivity contribution in [2.75, 3.05) is 23.4 Å². The summed E-state index contributed by atoms with van der Waals surface area (Å²) in [6.45, 7) is 3.52. The van der Waals surface area contributed by atoms with E-state index >= 15 is 0 Å². The molecule has 33 heavy (non-hydrogen) atoms. The quantitative estimate of drug-likeness (QED) is 0.483. The fraction of sp³-hybridized carbons (Fsp3) is 0.435. The van der Waals surface area contributed by atoms with Gasteiger partial charge in [-0.2, -0.15) is 0 Å². The molecule has 1 aromatic carbocycles. The van der Waals surface area contributed by atoms with Crippen molar-refractivity contribution in [2.24, 2.45) is 5.41 Å². The number of nitrogens with one attached hydrogen (secondary N) is 2. The van der Waals surface area contributed by atoms with Gasteiger partial charge in [0, 0.05) is 13.1 Å². The van der Waals surface area contributed by atoms with Crippen molar-refractivity contribution in [3.8, 4) is 0 Å². The van der Waals surface area contributed by atoms with Crippen LogP contribution in [0.25, 0.3) is 22.1 Å². The molecule has 1 spiro atoms. The fourth-order valence-corrected chi connectivity index (χ4v) is 4.93. The van der Waals surface area contributed by atoms with Gasteiger partial charge in [-0.3, -0.25) is 4.79 Å². The number of fused-ring (bicyclic) bond motifs is 2. The monoisotopic (exact) mass is 448 g/mol. The summed E-state index contributed by atoms with van der Waals surface area (Å²) in [6.07, 6.45) is 8.28. The van der Waals surface area contributed by atoms with Crippen LogP contribution in [0.5, 0.6) is 0 Å². The first-order valence-electron chi connectivity index (χ1n) is 11.5. The van der Waals surface area contributed by atoms with Crippen LogP contribution in [0.15, 0.2) is 35.6 Å². The van der Waals surface area contributed by atoms with Crippen LogP contribution in [0.3, 0.4) is 0 Å². The van der Waals surface area contributed by atoms with Gasteiger partial charge in [0.05, 0.1) is 17.9 Å². The molecule has 1 aliphatic heterocycles. The third kappa shape index (κ3) is 3.32. The fourth-order valence-electron chi connectivity index (χ4n) is 4.93. The standard InChI is InChI=1S/C23H25FN8O/c1-2-15(29-20-18-19(26-12-25-18)27-13-28-20)21-30-16-5-3-4-14(24)17(16)22(33)32(21)31-10-8-23(6-7-23)9-11-31/h3-5,12-13,15H,2,6-11H2,1H3,(H2,25,26,27,28,29)/t15-/m0/s1. The van der Waals surface area contributed by atoms with E-state index in [-0.39, 0.29) is 17.0 Å². The summed E-state index contributed by atoms with van der Waals surface area (Å²) in [6, 6.07) is 4.25. The molecule has 4 aromatic rings. The summed E-state index contributed by atoms with van der Waals surface area (Å²) in [4.78, 5) is 34.3. The molecule has 9 nitrogen and oxygen atoms in total. The van der Waals surface area contributed by atoms with E-state index in [2.05, 4.69) is 25.3 Å². The molecule has 170 valence electrons. The molecule has 2 N–H and O–H groups in total. The van der Waals surface area contributed by atoms with Crippen LogP contribution >= 0.6 is 0 Å². The maximum atomic E-state index is 14.7. The molecule has 6 rings (SSSR count). The number of piperidine rings is 1. The van der Waals surface area contributed by atoms with Crippen molar-refractivity contribution in [3.63, 3.8) is 0 Å². The number of aromatic nitrogens is 6. The summed E-state index contributed by atoms with van der Waals surface area (Å²) in [5.74, 6) is 0.564. The molecule has 1 atom stereocenters. The molecule has 1 aliphatic carbocycles. The lowest BCUT2D eigenvalue weighted by Gasteiger charge is -2.36. The van der Waals surface area contributed by atoms with Crippen LogP contribution in [0.4, 0.5) is 10.2 Å². The van der Waals surface area contributed by atoms with E-state index in [0.29, 0.717) is 40.2 Å². The molecule has 1 saturated carbocycles. The predicted octanol–water partition coefficient (Wildman–Crippen LogP) is 3.28. The average molecular weight is 449 g/mol. The largest absolute Gasteiger partial charge is 0.358 e. The lowest BCUT2D eigenvalue weighted by atomic mass is 9.94. The van der Waals surface area contributed by atoms with Crippen LogP contribution in [-0.2, 0) is 0 Å². The molecule has 0 radical (unpaired) electrons. The van der Waals surface area contributed by atoms with Gasteiger partial charge in [0.25, 0.3) is 5.56 Å². The number of H-pyrrole nitrogens is 1. The van der Waals surface area contributed by atoms with Gasteiger partial charge >= 0.3 is 0 Å². The van der Waals surface area contributed by atoms with Crippen molar-refractivity contribution >= 4 is 27.9 Å². The molecule has 0 amide bonds. The minimum Gasteiger partial charge on any atom is -0.358 e. The molecule has 0 unspecified atom stereocenters. The van der Waals surface area contributed by atoms with Gasteiger partial charge in [-0.25, -0.2) is 29.0 Å². The molecule has 4 heterocycles. The molecule has 10 heteroatoms. The average Bonchev–Trinajstić information content (AvgIpc) is 3.39. The Morgan fingerprint density at radius 2 is 2.00 bits per heavy atom. The summed E-state index contributed by atoms with van der Waals surface area (Å²) in [5, 5.41) is 5.48. The van der Waals surface area contributed by atoms with Gasteiger partial charge < -0.3 is 15.3 Å². The molecule has 3 aromatic heterocycles. The van der Waals surface area contributed by atoms with E-state index in [4.69, 9.17) is 4.98 Å². The molecule has 1 saturated heterocycles. The van der Waals surface area contributed by atoms with E-state index in [9.17, 15) is 9.18 Å². The van der Waals surface area contributed by atoms with Gasteiger partial charge in [-0.1, -0.05) is 13.0 Å². The Hall–Kier alpha value is -3.56. The highest BCUT2D eigenvalue weighted by Crippen LogP contribution is 2.53. The zero-order chi connectivity index (χ0) is 22.6. The van der Waals surface area contributed by atoms with Crippen molar-refractivity contribution in [1.82, 2.24) is 29.6 Å². The molecular weight excluding hydrogens is 423 g/mol. The van der Waals surface area contributed by atoms with Crippen LogP contribution in [0.1, 0.15) is 50.9 Å². The van der Waals surface area contributed by atoms with Crippen molar-refractivity contribution in [2.45, 2.75) is 45.1 Å². The Morgan fingerprint density at radius 1 is 1.18 bits per heavy atom. The smallest absolute Gasteiger partial charge is 0.283 e. The third-order valence-corrected chi connectivity index (χ3v) is 7.14. The van der Waals surface area contributed by atoms with E-state index in [0.717, 1.165) is 25.9 Å². The number of benzene rings is 1. The summed E-state index contributed by atoms with van der Waals surface area (Å²) in [7, 11) is 0. The number of hydrogen-bond acceptors (Lipinski definition) is 7. The van der Waals surface area contributed by atoms with Crippen molar-refractivity contribution in [3.05, 3.63) is 52.8 Å². The SMILES string of the molecule is CC[C@H](Nc1ncnc2[nH]cnc12)c1nc2cccc(F)c2c(=O)n1N1CCC2(CC1)CC2. The first kappa shape index (κ1) is 20.1. The topological polar surface area (TPSA) is 105 Å². The van der Waals surface area contributed by atoms with Crippen molar-refractivity contribution in [1.29, 1.82) is 0 Å². The maximum Gasteiger partial charge on any atom is 0.283 e. The van der Waals surface area contributed by atoms with Crippen LogP contribution in [0.2, 0.25) is 0 Å². The zero-order valence-corrected chi connectivity index (χ0v) is 18.4. The van der Waals surface area contributed by atoms with Gasteiger partial charge in [-0.05, 0) is 49.7 Å². The molecular formula is C23H25FN8O. The Bertz CT molecular complexity index is 1400. The second-order valence-corrected chi connectivity index (χ2v) is 9.10. The minimum atomic E-state index is -0.545. The highest BCUT2D eigenvalue weighted by Gasteiger charge is 2.45. The number of nitrogens with zero attached hydrogens (tertiary/aromatic N) is 6. The Labute approximate surface area is 189 Å². The molecule has 0 bridgehead atoms. The van der Waals surface area contributed by atoms with Gasteiger partial charge in [-0.15, -0.1) is 0 Å². The van der Waals surface area contributed by atoms with Gasteiger partial charge in [0.1, 0.15) is 23.0 Å². The first-order valence-corrected chi connectivity index (χ1v) is 11.5. The van der Waals surface area contributed by atoms with Crippen LogP contribution in [-0.4, -0.2) is 42.7 Å². The lowest BCUT2D eigenvalue weighted by Crippen LogP contribution is -2.50. The number of imidazole rings is 1. The van der Waals surface area contributed by atoms with Crippen LogP contribution in [0, 0.1) is 11.2 Å². The predicted molar refractivity (Wildman–Crippen MR) is 123 cm³/mol. The highest BCUT2D eigenvalue weighted by atomic mass is 19.1. The minimum absolute atomic E-state index is 0.0274. The summed E-state index contributed by atoms with van der Waals surface area (Å²) >= 11 is 0. The first-order chi connectivity index (χ1) is 16.1. The summed E-state index contributed by atoms with van der Waals surface area (Å²) < 4.78 is 16.3. The van der Waals surface area contributed by atoms with Gasteiger partial charge in [0.2, 0.25) is 0 Å². The number of aromatic amines is 1. The van der Waals surface area contributed by atoms with E-state index in [1.807, 2.05) is 11.9 Å². The van der Waals surface area contributed by atoms with Crippen LogP contribution < -0.4 is 15.9 Å². The van der Waals surface area contributed by atoms with E-state index < -0.39 is 5.82 Å². The van der Waals surface area contributed by atoms with Crippen molar-refractivity contribution < 1.29 is 4.39 Å². The lowest BCUT2D eigenvalue weighted by molar-refractivity contribution is 0.334. The second-order valence-electron chi connectivity index (χ2n) is 9.10. The zero-order valence-electron chi connectivity index (χ0n) is 18.4. The summed E-state index contributed by atoms with van der Waals surface area (Å²) in [5.41, 5.74) is 1.68. The molecule has 2 fully saturated rings. The molecule has 2 aliphatic rings. The van der Waals surface area contributed by atoms with Gasteiger partial charge in [0.15, 0.2) is 17.3 Å². The number of hydrogen-bond donors (Lipinski definition) is 2. The van der Waals surface area contributed by atoms with E-state index in [1.165, 1.54) is 25.2 Å². The Kier molecular flexibility index (Phi) is 4.56. The number of rotatable bonds is 5. The number of halogens is 1. The highest BCUT2D eigenvalue weighted by molar-refractivity contribution is 5.82. The van der Waals surface area contributed by atoms with E-state index in [1.54, 1.807) is 23.1 Å². The normalized spacial score (nSPS) is 18.2. The Balaban J connectivity index is 1.48.